The number of rotatable bonds is 4. The Morgan fingerprint density at radius 1 is 0.839 bits per heavy atom. The second kappa shape index (κ2) is 9.32. The van der Waals surface area contributed by atoms with Gasteiger partial charge in [-0.15, -0.1) is 0 Å². The molecule has 31 heavy (non-hydrogen) atoms. The van der Waals surface area contributed by atoms with Crippen LogP contribution in [0.15, 0.2) is 78.9 Å². The highest BCUT2D eigenvalue weighted by molar-refractivity contribution is 6.46. The number of nitrogens with zero attached hydrogens (tertiary/aromatic N) is 2. The van der Waals surface area contributed by atoms with Crippen LogP contribution < -0.4 is 20.9 Å². The molecule has 2 amide bonds. The molecule has 0 aliphatic carbocycles. The first-order valence-corrected chi connectivity index (χ1v) is 10.1. The predicted molar refractivity (Wildman–Crippen MR) is 123 cm³/mol. The molecule has 0 atom stereocenters. The molecule has 3 aromatic rings. The topological polar surface area (TPSA) is 87.9 Å². The van der Waals surface area contributed by atoms with Crippen molar-refractivity contribution < 1.29 is 14.3 Å². The smallest absolute Gasteiger partial charge is 0.321 e. The SMILES string of the molecule is Nc1ccc(N(C(=O)C(=O)Nc2ccccc2N2CCOCC2)c2ccccc2)cc1. The van der Waals surface area contributed by atoms with E-state index in [1.165, 1.54) is 4.90 Å². The van der Waals surface area contributed by atoms with Crippen LogP contribution in [-0.4, -0.2) is 38.1 Å². The lowest BCUT2D eigenvalue weighted by molar-refractivity contribution is -0.134. The summed E-state index contributed by atoms with van der Waals surface area (Å²) in [6.07, 6.45) is 0. The summed E-state index contributed by atoms with van der Waals surface area (Å²) < 4.78 is 5.42. The number of carbonyl (C=O) groups excluding carboxylic acids is 2. The van der Waals surface area contributed by atoms with Gasteiger partial charge in [0.05, 0.1) is 24.6 Å². The second-order valence-electron chi connectivity index (χ2n) is 7.14. The Labute approximate surface area is 181 Å². The molecular formula is C24H24N4O3. The normalized spacial score (nSPS) is 13.5. The Balaban J connectivity index is 1.61. The van der Waals surface area contributed by atoms with Crippen molar-refractivity contribution in [3.8, 4) is 0 Å². The highest BCUT2D eigenvalue weighted by Crippen LogP contribution is 2.29. The monoisotopic (exact) mass is 416 g/mol. The first kappa shape index (κ1) is 20.4. The van der Waals surface area contributed by atoms with E-state index in [1.807, 2.05) is 36.4 Å². The van der Waals surface area contributed by atoms with E-state index in [0.29, 0.717) is 36.0 Å². The molecular weight excluding hydrogens is 392 g/mol. The average molecular weight is 416 g/mol. The Hall–Kier alpha value is -3.84. The summed E-state index contributed by atoms with van der Waals surface area (Å²) in [5.74, 6) is -1.41. The number of hydrogen-bond donors (Lipinski definition) is 2. The standard InChI is InChI=1S/C24H24N4O3/c25-18-10-12-20(13-11-18)28(19-6-2-1-3-7-19)24(30)23(29)26-21-8-4-5-9-22(21)27-14-16-31-17-15-27/h1-13H,14-17,25H2,(H,26,29). The molecule has 158 valence electrons. The molecule has 1 fully saturated rings. The Morgan fingerprint density at radius 3 is 2.16 bits per heavy atom. The van der Waals surface area contributed by atoms with Crippen LogP contribution in [0.4, 0.5) is 28.4 Å². The molecule has 0 radical (unpaired) electrons. The molecule has 0 aromatic heterocycles. The summed E-state index contributed by atoms with van der Waals surface area (Å²) in [6, 6.07) is 23.4. The lowest BCUT2D eigenvalue weighted by Crippen LogP contribution is -2.39. The van der Waals surface area contributed by atoms with Crippen LogP contribution in [0.5, 0.6) is 0 Å². The van der Waals surface area contributed by atoms with Crippen molar-refractivity contribution in [1.29, 1.82) is 0 Å². The lowest BCUT2D eigenvalue weighted by atomic mass is 10.2. The zero-order valence-electron chi connectivity index (χ0n) is 17.0. The molecule has 0 saturated carbocycles. The van der Waals surface area contributed by atoms with Gasteiger partial charge >= 0.3 is 11.8 Å². The molecule has 1 aliphatic rings. The fraction of sp³-hybridized carbons (Fsp3) is 0.167. The van der Waals surface area contributed by atoms with Gasteiger partial charge in [-0.05, 0) is 48.5 Å². The van der Waals surface area contributed by atoms with E-state index in [4.69, 9.17) is 10.5 Å². The van der Waals surface area contributed by atoms with Gasteiger partial charge in [-0.3, -0.25) is 14.5 Å². The lowest BCUT2D eigenvalue weighted by Gasteiger charge is -2.30. The van der Waals surface area contributed by atoms with Crippen LogP contribution in [-0.2, 0) is 14.3 Å². The molecule has 1 aliphatic heterocycles. The van der Waals surface area contributed by atoms with Crippen molar-refractivity contribution in [3.05, 3.63) is 78.9 Å². The van der Waals surface area contributed by atoms with Gasteiger partial charge in [0.15, 0.2) is 0 Å². The molecule has 1 saturated heterocycles. The fourth-order valence-corrected chi connectivity index (χ4v) is 3.52. The third-order valence-electron chi connectivity index (χ3n) is 5.07. The molecule has 7 nitrogen and oxygen atoms in total. The fourth-order valence-electron chi connectivity index (χ4n) is 3.52. The van der Waals surface area contributed by atoms with Crippen LogP contribution in [0, 0.1) is 0 Å². The van der Waals surface area contributed by atoms with Crippen molar-refractivity contribution in [2.24, 2.45) is 0 Å². The van der Waals surface area contributed by atoms with Gasteiger partial charge < -0.3 is 20.7 Å². The van der Waals surface area contributed by atoms with Crippen molar-refractivity contribution in [2.45, 2.75) is 0 Å². The van der Waals surface area contributed by atoms with Crippen LogP contribution in [0.3, 0.4) is 0 Å². The minimum absolute atomic E-state index is 0.557. The minimum atomic E-state index is -0.721. The summed E-state index contributed by atoms with van der Waals surface area (Å²) >= 11 is 0. The number of ether oxygens (including phenoxy) is 1. The van der Waals surface area contributed by atoms with Gasteiger partial charge in [0.1, 0.15) is 0 Å². The number of anilines is 5. The van der Waals surface area contributed by atoms with Gasteiger partial charge in [-0.2, -0.15) is 0 Å². The van der Waals surface area contributed by atoms with Gasteiger partial charge in [-0.25, -0.2) is 0 Å². The van der Waals surface area contributed by atoms with Gasteiger partial charge in [0.2, 0.25) is 0 Å². The van der Waals surface area contributed by atoms with Crippen molar-refractivity contribution in [2.75, 3.05) is 47.2 Å². The van der Waals surface area contributed by atoms with Gasteiger partial charge in [0, 0.05) is 30.2 Å². The average Bonchev–Trinajstić information content (AvgIpc) is 2.82. The van der Waals surface area contributed by atoms with Crippen molar-refractivity contribution in [1.82, 2.24) is 0 Å². The Kier molecular flexibility index (Phi) is 6.14. The molecule has 7 heteroatoms. The number of hydrogen-bond acceptors (Lipinski definition) is 5. The van der Waals surface area contributed by atoms with E-state index in [2.05, 4.69) is 10.2 Å². The third kappa shape index (κ3) is 4.67. The van der Waals surface area contributed by atoms with Crippen molar-refractivity contribution >= 4 is 40.3 Å². The minimum Gasteiger partial charge on any atom is -0.399 e. The van der Waals surface area contributed by atoms with Crippen LogP contribution in [0.25, 0.3) is 0 Å². The largest absolute Gasteiger partial charge is 0.399 e. The van der Waals surface area contributed by atoms with E-state index < -0.39 is 11.8 Å². The summed E-state index contributed by atoms with van der Waals surface area (Å²) in [7, 11) is 0. The molecule has 4 rings (SSSR count). The Bertz CT molecular complexity index is 1050. The first-order chi connectivity index (χ1) is 15.1. The number of carbonyl (C=O) groups is 2. The number of para-hydroxylation sites is 3. The van der Waals surface area contributed by atoms with Crippen molar-refractivity contribution in [3.63, 3.8) is 0 Å². The molecule has 0 bridgehead atoms. The van der Waals surface area contributed by atoms with E-state index in [0.717, 1.165) is 18.8 Å². The summed E-state index contributed by atoms with van der Waals surface area (Å²) in [5, 5.41) is 2.80. The van der Waals surface area contributed by atoms with E-state index in [1.54, 1.807) is 42.5 Å². The predicted octanol–water partition coefficient (Wildman–Crippen LogP) is 3.41. The van der Waals surface area contributed by atoms with E-state index in [-0.39, 0.29) is 0 Å². The number of nitrogens with two attached hydrogens (primary N) is 1. The van der Waals surface area contributed by atoms with E-state index in [9.17, 15) is 9.59 Å². The number of benzene rings is 3. The van der Waals surface area contributed by atoms with Gasteiger partial charge in [-0.1, -0.05) is 30.3 Å². The zero-order chi connectivity index (χ0) is 21.6. The van der Waals surface area contributed by atoms with Crippen LogP contribution in [0.1, 0.15) is 0 Å². The number of morpholine rings is 1. The molecule has 1 heterocycles. The number of nitrogens with one attached hydrogen (secondary N) is 1. The highest BCUT2D eigenvalue weighted by Gasteiger charge is 2.26. The maximum atomic E-state index is 13.3. The maximum absolute atomic E-state index is 13.3. The van der Waals surface area contributed by atoms with Gasteiger partial charge in [0.25, 0.3) is 0 Å². The molecule has 3 N–H and O–H groups in total. The van der Waals surface area contributed by atoms with Crippen LogP contribution >= 0.6 is 0 Å². The summed E-state index contributed by atoms with van der Waals surface area (Å²) in [4.78, 5) is 29.8. The third-order valence-corrected chi connectivity index (χ3v) is 5.07. The maximum Gasteiger partial charge on any atom is 0.321 e. The number of nitrogen functional groups attached to an aromatic ring is 1. The zero-order valence-corrected chi connectivity index (χ0v) is 17.0. The number of amides is 2. The Morgan fingerprint density at radius 2 is 1.45 bits per heavy atom. The van der Waals surface area contributed by atoms with E-state index >= 15 is 0 Å². The highest BCUT2D eigenvalue weighted by atomic mass is 16.5. The summed E-state index contributed by atoms with van der Waals surface area (Å²) in [5.41, 5.74) is 8.98. The van der Waals surface area contributed by atoms with Crippen LogP contribution in [0.2, 0.25) is 0 Å². The molecule has 0 unspecified atom stereocenters. The summed E-state index contributed by atoms with van der Waals surface area (Å²) in [6.45, 7) is 2.70. The molecule has 3 aromatic carbocycles. The molecule has 0 spiro atoms. The first-order valence-electron chi connectivity index (χ1n) is 10.1. The quantitative estimate of drug-likeness (QED) is 0.503. The second-order valence-corrected chi connectivity index (χ2v) is 7.14.